The number of thioether (sulfide) groups is 1. The lowest BCUT2D eigenvalue weighted by Crippen LogP contribution is -1.95. The summed E-state index contributed by atoms with van der Waals surface area (Å²) in [7, 11) is 0. The summed E-state index contributed by atoms with van der Waals surface area (Å²) in [5, 5.41) is 0. The Labute approximate surface area is 78.7 Å². The van der Waals surface area contributed by atoms with Crippen LogP contribution in [0.25, 0.3) is 0 Å². The fourth-order valence-corrected chi connectivity index (χ4v) is 1.23. The minimum Gasteiger partial charge on any atom is -0.398 e. The topological polar surface area (TPSA) is 26.0 Å². The first kappa shape index (κ1) is 11.1. The zero-order valence-corrected chi connectivity index (χ0v) is 8.45. The first-order chi connectivity index (χ1) is 5.57. The lowest BCUT2D eigenvalue weighted by atomic mass is 10.4. The molecule has 2 heteroatoms. The predicted molar refractivity (Wildman–Crippen MR) is 58.6 cm³/mol. The number of hydrogen-bond acceptors (Lipinski definition) is 2. The maximum Gasteiger partial charge on any atom is 0.0382 e. The normalized spacial score (nSPS) is 12.0. The lowest BCUT2D eigenvalue weighted by Gasteiger charge is -2.03. The van der Waals surface area contributed by atoms with Gasteiger partial charge in [0.2, 0.25) is 0 Å². The highest BCUT2D eigenvalue weighted by atomic mass is 32.2. The Kier molecular flexibility index (Phi) is 5.30. The third-order valence-electron chi connectivity index (χ3n) is 1.04. The SMILES string of the molecule is C=C(C)S/C(=C/C=C\C)C(=C)N. The summed E-state index contributed by atoms with van der Waals surface area (Å²) in [6.45, 7) is 11.4. The van der Waals surface area contributed by atoms with E-state index in [1.807, 2.05) is 32.1 Å². The summed E-state index contributed by atoms with van der Waals surface area (Å²) in [6, 6.07) is 0. The second-order valence-corrected chi connectivity index (χ2v) is 3.73. The number of hydrogen-bond donors (Lipinski definition) is 1. The van der Waals surface area contributed by atoms with Gasteiger partial charge in [-0.05, 0) is 24.8 Å². The largest absolute Gasteiger partial charge is 0.398 e. The summed E-state index contributed by atoms with van der Waals surface area (Å²) < 4.78 is 0. The molecule has 0 fully saturated rings. The molecule has 0 unspecified atom stereocenters. The van der Waals surface area contributed by atoms with Crippen molar-refractivity contribution in [3.63, 3.8) is 0 Å². The lowest BCUT2D eigenvalue weighted by molar-refractivity contribution is 1.43. The third kappa shape index (κ3) is 4.85. The van der Waals surface area contributed by atoms with E-state index in [0.717, 1.165) is 9.81 Å². The number of nitrogens with two attached hydrogens (primary N) is 1. The van der Waals surface area contributed by atoms with Gasteiger partial charge in [-0.25, -0.2) is 0 Å². The van der Waals surface area contributed by atoms with Crippen LogP contribution in [-0.2, 0) is 0 Å². The Morgan fingerprint density at radius 2 is 2.00 bits per heavy atom. The smallest absolute Gasteiger partial charge is 0.0382 e. The van der Waals surface area contributed by atoms with Crippen molar-refractivity contribution in [2.24, 2.45) is 5.73 Å². The van der Waals surface area contributed by atoms with Crippen LogP contribution < -0.4 is 5.73 Å². The molecular weight excluding hydrogens is 166 g/mol. The highest BCUT2D eigenvalue weighted by Crippen LogP contribution is 2.26. The first-order valence-corrected chi connectivity index (χ1v) is 4.50. The molecule has 0 rings (SSSR count). The number of allylic oxidation sites excluding steroid dienone is 4. The van der Waals surface area contributed by atoms with Gasteiger partial charge in [-0.1, -0.05) is 37.1 Å². The van der Waals surface area contributed by atoms with Gasteiger partial charge >= 0.3 is 0 Å². The van der Waals surface area contributed by atoms with Crippen LogP contribution in [0.2, 0.25) is 0 Å². The molecule has 0 aromatic heterocycles. The molecule has 0 heterocycles. The van der Waals surface area contributed by atoms with Crippen molar-refractivity contribution in [3.8, 4) is 0 Å². The second kappa shape index (κ2) is 5.72. The first-order valence-electron chi connectivity index (χ1n) is 3.69. The van der Waals surface area contributed by atoms with Gasteiger partial charge in [0.25, 0.3) is 0 Å². The Morgan fingerprint density at radius 1 is 1.42 bits per heavy atom. The molecule has 0 aromatic rings. The molecule has 66 valence electrons. The monoisotopic (exact) mass is 181 g/mol. The fourth-order valence-electron chi connectivity index (χ4n) is 0.578. The zero-order chi connectivity index (χ0) is 9.56. The van der Waals surface area contributed by atoms with Crippen LogP contribution in [0, 0.1) is 0 Å². The predicted octanol–water partition coefficient (Wildman–Crippen LogP) is 3.19. The molecule has 0 aliphatic carbocycles. The van der Waals surface area contributed by atoms with Gasteiger partial charge in [0, 0.05) is 10.6 Å². The summed E-state index contributed by atoms with van der Waals surface area (Å²) >= 11 is 1.54. The van der Waals surface area contributed by atoms with E-state index in [1.54, 1.807) is 0 Å². The van der Waals surface area contributed by atoms with Crippen LogP contribution in [0.5, 0.6) is 0 Å². The van der Waals surface area contributed by atoms with E-state index in [4.69, 9.17) is 5.73 Å². The molecule has 0 bridgehead atoms. The Hall–Kier alpha value is -0.890. The van der Waals surface area contributed by atoms with Crippen molar-refractivity contribution in [1.29, 1.82) is 0 Å². The van der Waals surface area contributed by atoms with Crippen LogP contribution in [0.3, 0.4) is 0 Å². The van der Waals surface area contributed by atoms with Crippen LogP contribution in [-0.4, -0.2) is 0 Å². The Morgan fingerprint density at radius 3 is 2.33 bits per heavy atom. The quantitative estimate of drug-likeness (QED) is 0.674. The molecule has 0 saturated heterocycles. The standard InChI is InChI=1S/C10H15NS/c1-5-6-7-10(9(4)11)12-8(2)3/h5-7H,2,4,11H2,1,3H3/b6-5-,10-7+. The van der Waals surface area contributed by atoms with Gasteiger partial charge in [-0.2, -0.15) is 0 Å². The van der Waals surface area contributed by atoms with E-state index in [9.17, 15) is 0 Å². The van der Waals surface area contributed by atoms with E-state index >= 15 is 0 Å². The minimum absolute atomic E-state index is 0.584. The van der Waals surface area contributed by atoms with Gasteiger partial charge in [0.05, 0.1) is 0 Å². The molecule has 0 radical (unpaired) electrons. The molecule has 0 amide bonds. The molecule has 1 nitrogen and oxygen atoms in total. The van der Waals surface area contributed by atoms with E-state index in [2.05, 4.69) is 13.2 Å². The average Bonchev–Trinajstić information content (AvgIpc) is 1.96. The van der Waals surface area contributed by atoms with E-state index < -0.39 is 0 Å². The van der Waals surface area contributed by atoms with Gasteiger partial charge < -0.3 is 5.73 Å². The second-order valence-electron chi connectivity index (χ2n) is 2.39. The maximum absolute atomic E-state index is 5.57. The highest BCUT2D eigenvalue weighted by Gasteiger charge is 1.97. The molecule has 0 atom stereocenters. The average molecular weight is 181 g/mol. The fraction of sp³-hybridized carbons (Fsp3) is 0.200. The van der Waals surface area contributed by atoms with Crippen molar-refractivity contribution in [2.75, 3.05) is 0 Å². The van der Waals surface area contributed by atoms with Gasteiger partial charge in [-0.3, -0.25) is 0 Å². The Bertz CT molecular complexity index is 236. The third-order valence-corrected chi connectivity index (χ3v) is 2.01. The van der Waals surface area contributed by atoms with Crippen LogP contribution in [0.1, 0.15) is 13.8 Å². The molecule has 0 spiro atoms. The molecule has 2 N–H and O–H groups in total. The molecule has 0 aliphatic rings. The van der Waals surface area contributed by atoms with Crippen molar-refractivity contribution in [2.45, 2.75) is 13.8 Å². The molecule has 0 aliphatic heterocycles. The van der Waals surface area contributed by atoms with Crippen molar-refractivity contribution >= 4 is 11.8 Å². The summed E-state index contributed by atoms with van der Waals surface area (Å²) in [5.41, 5.74) is 6.15. The molecule has 0 aromatic carbocycles. The van der Waals surface area contributed by atoms with Gasteiger partial charge in [0.1, 0.15) is 0 Å². The van der Waals surface area contributed by atoms with E-state index in [0.29, 0.717) is 5.70 Å². The maximum atomic E-state index is 5.57. The summed E-state index contributed by atoms with van der Waals surface area (Å²) in [5.74, 6) is 0. The summed E-state index contributed by atoms with van der Waals surface area (Å²) in [6.07, 6.45) is 5.81. The molecule has 0 saturated carbocycles. The van der Waals surface area contributed by atoms with Crippen LogP contribution in [0.4, 0.5) is 0 Å². The van der Waals surface area contributed by atoms with E-state index in [-0.39, 0.29) is 0 Å². The highest BCUT2D eigenvalue weighted by molar-refractivity contribution is 8.06. The Balaban J connectivity index is 4.43. The minimum atomic E-state index is 0.584. The van der Waals surface area contributed by atoms with Crippen molar-refractivity contribution in [1.82, 2.24) is 0 Å². The van der Waals surface area contributed by atoms with Gasteiger partial charge in [-0.15, -0.1) is 0 Å². The van der Waals surface area contributed by atoms with Crippen LogP contribution >= 0.6 is 11.8 Å². The van der Waals surface area contributed by atoms with Crippen molar-refractivity contribution < 1.29 is 0 Å². The van der Waals surface area contributed by atoms with Crippen molar-refractivity contribution in [3.05, 3.63) is 46.9 Å². The van der Waals surface area contributed by atoms with Crippen LogP contribution in [0.15, 0.2) is 46.9 Å². The zero-order valence-electron chi connectivity index (χ0n) is 7.63. The summed E-state index contributed by atoms with van der Waals surface area (Å²) in [4.78, 5) is 1.97. The van der Waals surface area contributed by atoms with Gasteiger partial charge in [0.15, 0.2) is 0 Å². The van der Waals surface area contributed by atoms with E-state index in [1.165, 1.54) is 11.8 Å². The molecule has 12 heavy (non-hydrogen) atoms. The number of rotatable bonds is 4. The molecular formula is C10H15NS.